The molecule has 0 saturated heterocycles. The minimum absolute atomic E-state index is 0.201. The number of carbonyl (C=O) groups is 1. The van der Waals surface area contributed by atoms with Crippen LogP contribution in [0.15, 0.2) is 12.1 Å². The molecule has 0 aliphatic carbocycles. The minimum Gasteiger partial charge on any atom is -0.493 e. The second kappa shape index (κ2) is 6.73. The number of ether oxygens (including phenoxy) is 2. The van der Waals surface area contributed by atoms with E-state index in [-0.39, 0.29) is 29.0 Å². The molecule has 0 heterocycles. The molecule has 19 heavy (non-hydrogen) atoms. The highest BCUT2D eigenvalue weighted by atomic mass is 16.5. The number of aldehydes is 1. The number of nitriles is 1. The van der Waals surface area contributed by atoms with E-state index in [2.05, 4.69) is 0 Å². The van der Waals surface area contributed by atoms with Gasteiger partial charge in [0.15, 0.2) is 11.5 Å². The van der Waals surface area contributed by atoms with Crippen LogP contribution in [0, 0.1) is 11.3 Å². The lowest BCUT2D eigenvalue weighted by molar-refractivity contribution is 0.0200. The van der Waals surface area contributed by atoms with Crippen molar-refractivity contribution >= 4 is 6.29 Å². The summed E-state index contributed by atoms with van der Waals surface area (Å²) >= 11 is 0. The van der Waals surface area contributed by atoms with Gasteiger partial charge in [0.25, 0.3) is 0 Å². The molecule has 0 fully saturated rings. The summed E-state index contributed by atoms with van der Waals surface area (Å²) in [5, 5.41) is 28.2. The zero-order chi connectivity index (χ0) is 14.4. The van der Waals surface area contributed by atoms with Gasteiger partial charge in [-0.05, 0) is 12.1 Å². The van der Waals surface area contributed by atoms with Gasteiger partial charge in [-0.2, -0.15) is 5.26 Å². The molecule has 2 atom stereocenters. The Labute approximate surface area is 110 Å². The van der Waals surface area contributed by atoms with Crippen molar-refractivity contribution in [1.29, 1.82) is 5.26 Å². The van der Waals surface area contributed by atoms with Gasteiger partial charge in [0.2, 0.25) is 0 Å². The molecule has 1 aromatic rings. The lowest BCUT2D eigenvalue weighted by atomic mass is 9.99. The van der Waals surface area contributed by atoms with Crippen molar-refractivity contribution in [3.05, 3.63) is 23.3 Å². The van der Waals surface area contributed by atoms with Crippen molar-refractivity contribution in [2.24, 2.45) is 0 Å². The zero-order valence-corrected chi connectivity index (χ0v) is 10.7. The second-order valence-corrected chi connectivity index (χ2v) is 3.84. The summed E-state index contributed by atoms with van der Waals surface area (Å²) in [5.41, 5.74) is 0.475. The first-order valence-corrected chi connectivity index (χ1v) is 5.53. The molecule has 0 saturated carbocycles. The highest BCUT2D eigenvalue weighted by Gasteiger charge is 2.24. The fourth-order valence-corrected chi connectivity index (χ4v) is 1.72. The first-order valence-electron chi connectivity index (χ1n) is 5.53. The third kappa shape index (κ3) is 3.22. The monoisotopic (exact) mass is 265 g/mol. The number of aliphatic hydroxyl groups excluding tert-OH is 2. The SMILES string of the molecule is COc1cc(C=O)cc(C(O)C(O)CC#N)c1OC. The van der Waals surface area contributed by atoms with Crippen LogP contribution in [0.1, 0.15) is 28.4 Å². The Morgan fingerprint density at radius 2 is 2.05 bits per heavy atom. The Morgan fingerprint density at radius 3 is 2.53 bits per heavy atom. The molecule has 0 aromatic heterocycles. The van der Waals surface area contributed by atoms with Gasteiger partial charge in [-0.1, -0.05) is 0 Å². The van der Waals surface area contributed by atoms with E-state index in [0.29, 0.717) is 6.29 Å². The number of hydrogen-bond donors (Lipinski definition) is 2. The number of nitrogens with zero attached hydrogens (tertiary/aromatic N) is 1. The first-order chi connectivity index (χ1) is 9.08. The summed E-state index contributed by atoms with van der Waals surface area (Å²) in [5.74, 6) is 0.489. The van der Waals surface area contributed by atoms with Gasteiger partial charge in [0.05, 0.1) is 32.8 Å². The maximum absolute atomic E-state index is 10.9. The standard InChI is InChI=1S/C13H15NO5/c1-18-11-6-8(7-15)5-9(13(11)19-2)12(17)10(16)3-4-14/h5-7,10,12,16-17H,3H2,1-2H3. The third-order valence-electron chi connectivity index (χ3n) is 2.65. The smallest absolute Gasteiger partial charge is 0.166 e. The molecule has 6 heteroatoms. The van der Waals surface area contributed by atoms with E-state index in [1.807, 2.05) is 0 Å². The second-order valence-electron chi connectivity index (χ2n) is 3.84. The lowest BCUT2D eigenvalue weighted by Crippen LogP contribution is -2.18. The van der Waals surface area contributed by atoms with Crippen LogP contribution >= 0.6 is 0 Å². The predicted molar refractivity (Wildman–Crippen MR) is 66.1 cm³/mol. The normalized spacial score (nSPS) is 13.2. The van der Waals surface area contributed by atoms with Gasteiger partial charge in [-0.15, -0.1) is 0 Å². The van der Waals surface area contributed by atoms with Crippen LogP contribution in [0.5, 0.6) is 11.5 Å². The summed E-state index contributed by atoms with van der Waals surface area (Å²) < 4.78 is 10.2. The molecular weight excluding hydrogens is 250 g/mol. The molecule has 0 amide bonds. The molecule has 1 aromatic carbocycles. The summed E-state index contributed by atoms with van der Waals surface area (Å²) in [4.78, 5) is 10.9. The Kier molecular flexibility index (Phi) is 5.30. The Hall–Kier alpha value is -2.10. The maximum Gasteiger partial charge on any atom is 0.166 e. The summed E-state index contributed by atoms with van der Waals surface area (Å²) in [7, 11) is 2.78. The number of carbonyl (C=O) groups excluding carboxylic acids is 1. The van der Waals surface area contributed by atoms with Gasteiger partial charge >= 0.3 is 0 Å². The highest BCUT2D eigenvalue weighted by molar-refractivity contribution is 5.77. The lowest BCUT2D eigenvalue weighted by Gasteiger charge is -2.20. The van der Waals surface area contributed by atoms with E-state index in [1.54, 1.807) is 6.07 Å². The average molecular weight is 265 g/mol. The van der Waals surface area contributed by atoms with Crippen molar-refractivity contribution < 1.29 is 24.5 Å². The summed E-state index contributed by atoms with van der Waals surface area (Å²) in [6, 6.07) is 4.61. The first kappa shape index (κ1) is 15.0. The molecule has 2 N–H and O–H groups in total. The number of aliphatic hydroxyl groups is 2. The molecule has 0 radical (unpaired) electrons. The van der Waals surface area contributed by atoms with E-state index in [0.717, 1.165) is 0 Å². The van der Waals surface area contributed by atoms with Crippen LogP contribution in [0.2, 0.25) is 0 Å². The van der Waals surface area contributed by atoms with E-state index in [1.165, 1.54) is 26.4 Å². The van der Waals surface area contributed by atoms with E-state index < -0.39 is 12.2 Å². The predicted octanol–water partition coefficient (Wildman–Crippen LogP) is 0.824. The van der Waals surface area contributed by atoms with Gasteiger partial charge < -0.3 is 19.7 Å². The van der Waals surface area contributed by atoms with Crippen molar-refractivity contribution in [2.45, 2.75) is 18.6 Å². The van der Waals surface area contributed by atoms with Gasteiger partial charge in [0.1, 0.15) is 12.4 Å². The van der Waals surface area contributed by atoms with E-state index >= 15 is 0 Å². The van der Waals surface area contributed by atoms with Crippen molar-refractivity contribution in [2.75, 3.05) is 14.2 Å². The zero-order valence-electron chi connectivity index (χ0n) is 10.7. The van der Waals surface area contributed by atoms with Crippen LogP contribution in [-0.2, 0) is 0 Å². The number of methoxy groups -OCH3 is 2. The van der Waals surface area contributed by atoms with Crippen LogP contribution in [0.25, 0.3) is 0 Å². The van der Waals surface area contributed by atoms with Gasteiger partial charge in [0, 0.05) is 11.1 Å². The molecule has 0 bridgehead atoms. The van der Waals surface area contributed by atoms with E-state index in [4.69, 9.17) is 14.7 Å². The summed E-state index contributed by atoms with van der Waals surface area (Å²) in [6.07, 6.45) is -2.26. The van der Waals surface area contributed by atoms with Crippen LogP contribution in [0.4, 0.5) is 0 Å². The summed E-state index contributed by atoms with van der Waals surface area (Å²) in [6.45, 7) is 0. The molecule has 1 rings (SSSR count). The topological polar surface area (TPSA) is 99.8 Å². The molecular formula is C13H15NO5. The fourth-order valence-electron chi connectivity index (χ4n) is 1.72. The fraction of sp³-hybridized carbons (Fsp3) is 0.385. The van der Waals surface area contributed by atoms with Crippen LogP contribution in [0.3, 0.4) is 0 Å². The minimum atomic E-state index is -1.34. The maximum atomic E-state index is 10.9. The van der Waals surface area contributed by atoms with Crippen LogP contribution in [-0.4, -0.2) is 36.8 Å². The number of rotatable bonds is 6. The highest BCUT2D eigenvalue weighted by Crippen LogP contribution is 2.37. The molecule has 102 valence electrons. The number of benzene rings is 1. The largest absolute Gasteiger partial charge is 0.493 e. The Morgan fingerprint density at radius 1 is 1.37 bits per heavy atom. The molecule has 0 aliphatic rings. The Balaban J connectivity index is 3.31. The van der Waals surface area contributed by atoms with Crippen molar-refractivity contribution in [3.8, 4) is 17.6 Å². The third-order valence-corrected chi connectivity index (χ3v) is 2.65. The molecule has 2 unspecified atom stereocenters. The molecule has 0 aliphatic heterocycles. The van der Waals surface area contributed by atoms with Crippen molar-refractivity contribution in [1.82, 2.24) is 0 Å². The quantitative estimate of drug-likeness (QED) is 0.739. The molecule has 0 spiro atoms. The van der Waals surface area contributed by atoms with E-state index in [9.17, 15) is 15.0 Å². The van der Waals surface area contributed by atoms with Gasteiger partial charge in [-0.3, -0.25) is 4.79 Å². The molecule has 6 nitrogen and oxygen atoms in total. The van der Waals surface area contributed by atoms with Gasteiger partial charge in [-0.25, -0.2) is 0 Å². The van der Waals surface area contributed by atoms with Crippen molar-refractivity contribution in [3.63, 3.8) is 0 Å². The Bertz CT molecular complexity index is 495. The van der Waals surface area contributed by atoms with Crippen LogP contribution < -0.4 is 9.47 Å². The average Bonchev–Trinajstić information content (AvgIpc) is 2.44. The number of hydrogen-bond acceptors (Lipinski definition) is 6.